The van der Waals surface area contributed by atoms with Crippen molar-refractivity contribution in [2.75, 3.05) is 0 Å². The van der Waals surface area contributed by atoms with Crippen molar-refractivity contribution in [1.82, 2.24) is 0 Å². The molecule has 0 amide bonds. The van der Waals surface area contributed by atoms with Gasteiger partial charge < -0.3 is 0 Å². The molecule has 0 unspecified atom stereocenters. The SMILES string of the molecule is CC(C)(C)Cc1cccc(-c2ccc(C(F)(F)F)cc2)c1. The summed E-state index contributed by atoms with van der Waals surface area (Å²) in [6, 6.07) is 13.3. The largest absolute Gasteiger partial charge is 0.416 e. The van der Waals surface area contributed by atoms with E-state index < -0.39 is 11.7 Å². The lowest BCUT2D eigenvalue weighted by Crippen LogP contribution is -2.09. The highest BCUT2D eigenvalue weighted by atomic mass is 19.4. The van der Waals surface area contributed by atoms with Gasteiger partial charge in [0.2, 0.25) is 0 Å². The van der Waals surface area contributed by atoms with Gasteiger partial charge in [0.1, 0.15) is 0 Å². The average Bonchev–Trinajstić information content (AvgIpc) is 2.36. The van der Waals surface area contributed by atoms with E-state index in [0.29, 0.717) is 0 Å². The van der Waals surface area contributed by atoms with E-state index in [9.17, 15) is 13.2 Å². The van der Waals surface area contributed by atoms with Crippen molar-refractivity contribution in [2.45, 2.75) is 33.4 Å². The first-order chi connectivity index (χ1) is 9.65. The minimum absolute atomic E-state index is 0.179. The second kappa shape index (κ2) is 5.55. The van der Waals surface area contributed by atoms with Gasteiger partial charge in [-0.05, 0) is 40.7 Å². The fourth-order valence-corrected chi connectivity index (χ4v) is 2.32. The molecule has 0 spiro atoms. The van der Waals surface area contributed by atoms with Crippen LogP contribution in [-0.2, 0) is 12.6 Å². The number of halogens is 3. The fraction of sp³-hybridized carbons (Fsp3) is 0.333. The standard InChI is InChI=1S/C18H19F3/c1-17(2,3)12-13-5-4-6-15(11-13)14-7-9-16(10-8-14)18(19,20)21/h4-11H,12H2,1-3H3. The van der Waals surface area contributed by atoms with Crippen LogP contribution in [0.1, 0.15) is 31.9 Å². The van der Waals surface area contributed by atoms with Crippen LogP contribution in [-0.4, -0.2) is 0 Å². The molecule has 21 heavy (non-hydrogen) atoms. The molecule has 0 N–H and O–H groups in total. The zero-order chi connectivity index (χ0) is 15.7. The second-order valence-electron chi connectivity index (χ2n) is 6.51. The molecule has 0 heterocycles. The maximum Gasteiger partial charge on any atom is 0.416 e. The maximum atomic E-state index is 12.6. The lowest BCUT2D eigenvalue weighted by atomic mass is 9.87. The number of alkyl halides is 3. The van der Waals surface area contributed by atoms with Crippen LogP contribution in [0, 0.1) is 5.41 Å². The van der Waals surface area contributed by atoms with E-state index in [1.807, 2.05) is 18.2 Å². The normalized spacial score (nSPS) is 12.5. The molecule has 0 radical (unpaired) electrons. The van der Waals surface area contributed by atoms with Crippen LogP contribution in [0.15, 0.2) is 48.5 Å². The van der Waals surface area contributed by atoms with Gasteiger partial charge in [-0.15, -0.1) is 0 Å². The molecule has 0 fully saturated rings. The smallest absolute Gasteiger partial charge is 0.166 e. The third kappa shape index (κ3) is 4.35. The van der Waals surface area contributed by atoms with Gasteiger partial charge in [0.25, 0.3) is 0 Å². The van der Waals surface area contributed by atoms with Gasteiger partial charge in [-0.2, -0.15) is 13.2 Å². The van der Waals surface area contributed by atoms with Crippen LogP contribution in [0.4, 0.5) is 13.2 Å². The highest BCUT2D eigenvalue weighted by molar-refractivity contribution is 5.64. The molecule has 0 aliphatic heterocycles. The summed E-state index contributed by atoms with van der Waals surface area (Å²) in [5, 5.41) is 0. The van der Waals surface area contributed by atoms with Crippen LogP contribution < -0.4 is 0 Å². The third-order valence-corrected chi connectivity index (χ3v) is 3.21. The molecule has 0 aliphatic carbocycles. The number of rotatable bonds is 2. The topological polar surface area (TPSA) is 0 Å². The van der Waals surface area contributed by atoms with E-state index >= 15 is 0 Å². The Morgan fingerprint density at radius 3 is 1.95 bits per heavy atom. The molecule has 2 aromatic rings. The Bertz CT molecular complexity index is 602. The molecule has 2 aromatic carbocycles. The minimum atomic E-state index is -4.29. The van der Waals surface area contributed by atoms with Gasteiger partial charge in [0.05, 0.1) is 5.56 Å². The molecule has 0 nitrogen and oxygen atoms in total. The highest BCUT2D eigenvalue weighted by Gasteiger charge is 2.29. The van der Waals surface area contributed by atoms with Gasteiger partial charge in [0, 0.05) is 0 Å². The molecule has 112 valence electrons. The van der Waals surface area contributed by atoms with Crippen LogP contribution in [0.2, 0.25) is 0 Å². The zero-order valence-corrected chi connectivity index (χ0v) is 12.5. The summed E-state index contributed by atoms with van der Waals surface area (Å²) in [7, 11) is 0. The molecule has 0 saturated heterocycles. The maximum absolute atomic E-state index is 12.6. The van der Waals surface area contributed by atoms with Crippen LogP contribution in [0.5, 0.6) is 0 Å². The average molecular weight is 292 g/mol. The predicted molar refractivity (Wildman–Crippen MR) is 80.0 cm³/mol. The first kappa shape index (κ1) is 15.6. The molecule has 0 bridgehead atoms. The Kier molecular flexibility index (Phi) is 4.13. The van der Waals surface area contributed by atoms with Crippen molar-refractivity contribution >= 4 is 0 Å². The van der Waals surface area contributed by atoms with Gasteiger partial charge in [-0.1, -0.05) is 57.2 Å². The summed E-state index contributed by atoms with van der Waals surface area (Å²) in [5.41, 5.74) is 2.51. The molecule has 0 atom stereocenters. The number of hydrogen-bond acceptors (Lipinski definition) is 0. The van der Waals surface area contributed by atoms with E-state index in [-0.39, 0.29) is 5.41 Å². The van der Waals surface area contributed by atoms with Crippen LogP contribution >= 0.6 is 0 Å². The molecule has 0 saturated carbocycles. The first-order valence-corrected chi connectivity index (χ1v) is 6.92. The third-order valence-electron chi connectivity index (χ3n) is 3.21. The van der Waals surface area contributed by atoms with E-state index in [0.717, 1.165) is 29.7 Å². The Morgan fingerprint density at radius 2 is 1.43 bits per heavy atom. The summed E-state index contributed by atoms with van der Waals surface area (Å²) in [6.45, 7) is 6.49. The fourth-order valence-electron chi connectivity index (χ4n) is 2.32. The van der Waals surface area contributed by atoms with Crippen molar-refractivity contribution in [3.8, 4) is 11.1 Å². The zero-order valence-electron chi connectivity index (χ0n) is 12.5. The van der Waals surface area contributed by atoms with Gasteiger partial charge in [0.15, 0.2) is 0 Å². The molecular weight excluding hydrogens is 273 g/mol. The lowest BCUT2D eigenvalue weighted by Gasteiger charge is -2.18. The molecule has 0 aromatic heterocycles. The predicted octanol–water partition coefficient (Wildman–Crippen LogP) is 5.96. The summed E-state index contributed by atoms with van der Waals surface area (Å²) in [6.07, 6.45) is -3.35. The highest BCUT2D eigenvalue weighted by Crippen LogP contribution is 2.31. The van der Waals surface area contributed by atoms with Crippen molar-refractivity contribution in [1.29, 1.82) is 0 Å². The van der Waals surface area contributed by atoms with E-state index in [4.69, 9.17) is 0 Å². The van der Waals surface area contributed by atoms with Crippen molar-refractivity contribution < 1.29 is 13.2 Å². The first-order valence-electron chi connectivity index (χ1n) is 6.92. The Labute approximate surface area is 123 Å². The van der Waals surface area contributed by atoms with Gasteiger partial charge in [-0.3, -0.25) is 0 Å². The number of benzene rings is 2. The molecule has 0 aliphatic rings. The van der Waals surface area contributed by atoms with Gasteiger partial charge >= 0.3 is 6.18 Å². The Hall–Kier alpha value is -1.77. The van der Waals surface area contributed by atoms with E-state index in [1.165, 1.54) is 17.7 Å². The summed E-state index contributed by atoms with van der Waals surface area (Å²) >= 11 is 0. The Balaban J connectivity index is 2.28. The summed E-state index contributed by atoms with van der Waals surface area (Å²) < 4.78 is 37.7. The molecule has 3 heteroatoms. The van der Waals surface area contributed by atoms with E-state index in [2.05, 4.69) is 26.8 Å². The number of hydrogen-bond donors (Lipinski definition) is 0. The summed E-state index contributed by atoms with van der Waals surface area (Å²) in [5.74, 6) is 0. The molecular formula is C18H19F3. The summed E-state index contributed by atoms with van der Waals surface area (Å²) in [4.78, 5) is 0. The van der Waals surface area contributed by atoms with Crippen molar-refractivity contribution in [3.05, 3.63) is 59.7 Å². The van der Waals surface area contributed by atoms with Crippen molar-refractivity contribution in [2.24, 2.45) is 5.41 Å². The van der Waals surface area contributed by atoms with Crippen LogP contribution in [0.3, 0.4) is 0 Å². The van der Waals surface area contributed by atoms with Gasteiger partial charge in [-0.25, -0.2) is 0 Å². The second-order valence-corrected chi connectivity index (χ2v) is 6.51. The van der Waals surface area contributed by atoms with Crippen LogP contribution in [0.25, 0.3) is 11.1 Å². The van der Waals surface area contributed by atoms with E-state index in [1.54, 1.807) is 0 Å². The quantitative estimate of drug-likeness (QED) is 0.640. The molecule has 2 rings (SSSR count). The lowest BCUT2D eigenvalue weighted by molar-refractivity contribution is -0.137. The van der Waals surface area contributed by atoms with Crippen molar-refractivity contribution in [3.63, 3.8) is 0 Å². The minimum Gasteiger partial charge on any atom is -0.166 e. The monoisotopic (exact) mass is 292 g/mol. The Morgan fingerprint density at radius 1 is 0.810 bits per heavy atom.